The predicted octanol–water partition coefficient (Wildman–Crippen LogP) is 2.20. The Labute approximate surface area is 115 Å². The maximum absolute atomic E-state index is 6.14. The minimum Gasteiger partial charge on any atom is -0.492 e. The molecule has 0 radical (unpaired) electrons. The maximum Gasteiger partial charge on any atom is 0.122 e. The van der Waals surface area contributed by atoms with Crippen LogP contribution in [0.25, 0.3) is 0 Å². The highest BCUT2D eigenvalue weighted by Crippen LogP contribution is 2.26. The predicted molar refractivity (Wildman–Crippen MR) is 77.6 cm³/mol. The largest absolute Gasteiger partial charge is 0.492 e. The normalized spacial score (nSPS) is 23.9. The highest BCUT2D eigenvalue weighted by atomic mass is 16.5. The Morgan fingerprint density at radius 2 is 2.32 bits per heavy atom. The molecule has 0 bridgehead atoms. The molecule has 0 aliphatic carbocycles. The van der Waals surface area contributed by atoms with Crippen molar-refractivity contribution in [2.24, 2.45) is 0 Å². The van der Waals surface area contributed by atoms with Crippen molar-refractivity contribution in [3.05, 3.63) is 29.3 Å². The number of nitrogens with zero attached hydrogens (tertiary/aromatic N) is 1. The first-order chi connectivity index (χ1) is 9.34. The lowest BCUT2D eigenvalue weighted by atomic mass is 10.00. The van der Waals surface area contributed by atoms with E-state index in [1.165, 1.54) is 36.9 Å². The van der Waals surface area contributed by atoms with Gasteiger partial charge in [0, 0.05) is 12.6 Å². The Morgan fingerprint density at radius 3 is 3.21 bits per heavy atom. The van der Waals surface area contributed by atoms with Crippen molar-refractivity contribution < 1.29 is 4.74 Å². The summed E-state index contributed by atoms with van der Waals surface area (Å²) in [7, 11) is 2.22. The van der Waals surface area contributed by atoms with Gasteiger partial charge in [-0.2, -0.15) is 0 Å². The number of fused-ring (bicyclic) bond motifs is 1. The van der Waals surface area contributed by atoms with Gasteiger partial charge in [-0.25, -0.2) is 0 Å². The van der Waals surface area contributed by atoms with Gasteiger partial charge < -0.3 is 15.0 Å². The first kappa shape index (κ1) is 12.9. The van der Waals surface area contributed by atoms with Gasteiger partial charge in [0.05, 0.1) is 0 Å². The second kappa shape index (κ2) is 5.93. The molecule has 0 saturated carbocycles. The second-order valence-electron chi connectivity index (χ2n) is 5.76. The molecular formula is C16H24N2O. The van der Waals surface area contributed by atoms with Crippen molar-refractivity contribution in [1.82, 2.24) is 10.2 Å². The van der Waals surface area contributed by atoms with Crippen molar-refractivity contribution in [3.8, 4) is 5.75 Å². The van der Waals surface area contributed by atoms with E-state index >= 15 is 0 Å². The van der Waals surface area contributed by atoms with Gasteiger partial charge in [0.2, 0.25) is 0 Å². The minimum atomic E-state index is 0.589. The zero-order chi connectivity index (χ0) is 13.1. The van der Waals surface area contributed by atoms with Crippen molar-refractivity contribution in [2.45, 2.75) is 38.3 Å². The highest BCUT2D eigenvalue weighted by molar-refractivity contribution is 5.41. The van der Waals surface area contributed by atoms with Crippen LogP contribution in [0.1, 0.15) is 30.4 Å². The van der Waals surface area contributed by atoms with E-state index in [1.807, 2.05) is 0 Å². The van der Waals surface area contributed by atoms with Gasteiger partial charge in [-0.05, 0) is 56.6 Å². The van der Waals surface area contributed by atoms with Crippen LogP contribution in [-0.2, 0) is 13.0 Å². The molecule has 1 atom stereocenters. The van der Waals surface area contributed by atoms with E-state index in [0.717, 1.165) is 31.9 Å². The fourth-order valence-electron chi connectivity index (χ4n) is 3.17. The maximum atomic E-state index is 6.14. The van der Waals surface area contributed by atoms with E-state index in [1.54, 1.807) is 0 Å². The number of likely N-dealkylation sites (N-methyl/N-ethyl adjacent to an activating group) is 1. The molecule has 1 N–H and O–H groups in total. The fourth-order valence-corrected chi connectivity index (χ4v) is 3.17. The number of rotatable bonds is 3. The summed E-state index contributed by atoms with van der Waals surface area (Å²) in [6.45, 7) is 4.10. The van der Waals surface area contributed by atoms with Crippen LogP contribution in [0.2, 0.25) is 0 Å². The molecule has 3 nitrogen and oxygen atoms in total. The molecule has 1 aromatic carbocycles. The molecule has 0 aromatic heterocycles. The molecule has 3 heteroatoms. The Kier molecular flexibility index (Phi) is 4.04. The van der Waals surface area contributed by atoms with Crippen LogP contribution < -0.4 is 10.1 Å². The van der Waals surface area contributed by atoms with E-state index in [-0.39, 0.29) is 0 Å². The van der Waals surface area contributed by atoms with E-state index in [9.17, 15) is 0 Å². The van der Waals surface area contributed by atoms with Crippen LogP contribution in [-0.4, -0.2) is 37.7 Å². The second-order valence-corrected chi connectivity index (χ2v) is 5.76. The van der Waals surface area contributed by atoms with Gasteiger partial charge in [0.15, 0.2) is 0 Å². The number of hydrogen-bond acceptors (Lipinski definition) is 3. The average molecular weight is 260 g/mol. The van der Waals surface area contributed by atoms with Gasteiger partial charge in [-0.1, -0.05) is 18.6 Å². The molecule has 1 fully saturated rings. The Balaban J connectivity index is 1.66. The van der Waals surface area contributed by atoms with Crippen molar-refractivity contribution in [1.29, 1.82) is 0 Å². The summed E-state index contributed by atoms with van der Waals surface area (Å²) < 4.78 is 6.14. The number of benzene rings is 1. The molecule has 104 valence electrons. The van der Waals surface area contributed by atoms with Crippen molar-refractivity contribution in [2.75, 3.05) is 26.7 Å². The van der Waals surface area contributed by atoms with E-state index < -0.39 is 0 Å². The van der Waals surface area contributed by atoms with Crippen LogP contribution in [0.5, 0.6) is 5.75 Å². The van der Waals surface area contributed by atoms with Crippen molar-refractivity contribution in [3.63, 3.8) is 0 Å². The Bertz CT molecular complexity index is 433. The summed E-state index contributed by atoms with van der Waals surface area (Å²) in [5, 5.41) is 3.42. The topological polar surface area (TPSA) is 24.5 Å². The van der Waals surface area contributed by atoms with Crippen LogP contribution >= 0.6 is 0 Å². The van der Waals surface area contributed by atoms with E-state index in [4.69, 9.17) is 4.74 Å². The zero-order valence-electron chi connectivity index (χ0n) is 11.8. The van der Waals surface area contributed by atoms with Crippen LogP contribution in [0.3, 0.4) is 0 Å². The van der Waals surface area contributed by atoms with E-state index in [0.29, 0.717) is 6.04 Å². The number of ether oxygens (including phenoxy) is 1. The monoisotopic (exact) mass is 260 g/mol. The standard InChI is InChI=1S/C16H24N2O/c1-18-10-3-2-6-14(18)12-19-16-7-4-5-13-11-17-9-8-15(13)16/h4-5,7,14,17H,2-3,6,8-12H2,1H3. The van der Waals surface area contributed by atoms with Crippen LogP contribution in [0, 0.1) is 0 Å². The van der Waals surface area contributed by atoms with Gasteiger partial charge in [-0.15, -0.1) is 0 Å². The molecule has 2 heterocycles. The molecule has 2 aliphatic rings. The Hall–Kier alpha value is -1.06. The summed E-state index contributed by atoms with van der Waals surface area (Å²) >= 11 is 0. The molecule has 3 rings (SSSR count). The smallest absolute Gasteiger partial charge is 0.122 e. The number of hydrogen-bond donors (Lipinski definition) is 1. The van der Waals surface area contributed by atoms with Gasteiger partial charge in [0.1, 0.15) is 12.4 Å². The first-order valence-electron chi connectivity index (χ1n) is 7.49. The first-order valence-corrected chi connectivity index (χ1v) is 7.49. The molecule has 1 unspecified atom stereocenters. The summed E-state index contributed by atoms with van der Waals surface area (Å²) in [6, 6.07) is 7.05. The molecule has 19 heavy (non-hydrogen) atoms. The lowest BCUT2D eigenvalue weighted by molar-refractivity contribution is 0.124. The van der Waals surface area contributed by atoms with Crippen molar-refractivity contribution >= 4 is 0 Å². The summed E-state index contributed by atoms with van der Waals surface area (Å²) in [6.07, 6.45) is 5.04. The van der Waals surface area contributed by atoms with Gasteiger partial charge in [0.25, 0.3) is 0 Å². The molecule has 0 spiro atoms. The molecule has 2 aliphatic heterocycles. The fraction of sp³-hybridized carbons (Fsp3) is 0.625. The average Bonchev–Trinajstić information content (AvgIpc) is 2.46. The Morgan fingerprint density at radius 1 is 1.37 bits per heavy atom. The van der Waals surface area contributed by atoms with E-state index in [2.05, 4.69) is 35.5 Å². The third-order valence-corrected chi connectivity index (χ3v) is 4.45. The molecule has 0 amide bonds. The lowest BCUT2D eigenvalue weighted by Crippen LogP contribution is -2.40. The van der Waals surface area contributed by atoms with Gasteiger partial charge in [-0.3, -0.25) is 0 Å². The van der Waals surface area contributed by atoms with Crippen LogP contribution in [0.4, 0.5) is 0 Å². The molecular weight excluding hydrogens is 236 g/mol. The van der Waals surface area contributed by atoms with Gasteiger partial charge >= 0.3 is 0 Å². The third kappa shape index (κ3) is 2.93. The summed E-state index contributed by atoms with van der Waals surface area (Å²) in [5.74, 6) is 1.11. The van der Waals surface area contributed by atoms with Crippen LogP contribution in [0.15, 0.2) is 18.2 Å². The number of piperidine rings is 1. The lowest BCUT2D eigenvalue weighted by Gasteiger charge is -2.32. The summed E-state index contributed by atoms with van der Waals surface area (Å²) in [5.41, 5.74) is 2.82. The quantitative estimate of drug-likeness (QED) is 0.901. The number of nitrogens with one attached hydrogen (secondary N) is 1. The number of likely N-dealkylation sites (tertiary alicyclic amines) is 1. The molecule has 1 saturated heterocycles. The zero-order valence-corrected chi connectivity index (χ0v) is 11.8. The molecule has 1 aromatic rings. The SMILES string of the molecule is CN1CCCCC1COc1cccc2c1CCNC2. The minimum absolute atomic E-state index is 0.589. The third-order valence-electron chi connectivity index (χ3n) is 4.45. The highest BCUT2D eigenvalue weighted by Gasteiger charge is 2.20. The summed E-state index contributed by atoms with van der Waals surface area (Å²) in [4.78, 5) is 2.44.